The maximum atomic E-state index is 12.9. The molecule has 0 bridgehead atoms. The topological polar surface area (TPSA) is 58.2 Å². The zero-order valence-electron chi connectivity index (χ0n) is 16.8. The monoisotopic (exact) mass is 406 g/mol. The second-order valence-electron chi connectivity index (χ2n) is 7.92. The minimum Gasteiger partial charge on any atom is -0.348 e. The lowest BCUT2D eigenvalue weighted by Crippen LogP contribution is -2.51. The predicted molar refractivity (Wildman–Crippen MR) is 120 cm³/mol. The molecule has 2 aromatic carbocycles. The molecule has 4 nitrogen and oxygen atoms in total. The highest BCUT2D eigenvalue weighted by Crippen LogP contribution is 2.40. The van der Waals surface area contributed by atoms with Crippen molar-refractivity contribution in [2.24, 2.45) is 5.92 Å². The van der Waals surface area contributed by atoms with Crippen LogP contribution in [-0.4, -0.2) is 23.1 Å². The number of aryl methyl sites for hydroxylation is 2. The van der Waals surface area contributed by atoms with Crippen molar-refractivity contribution in [1.29, 1.82) is 0 Å². The number of thioether (sulfide) groups is 1. The number of benzene rings is 2. The Bertz CT molecular complexity index is 934. The quantitative estimate of drug-likeness (QED) is 0.728. The molecule has 1 saturated carbocycles. The van der Waals surface area contributed by atoms with Crippen LogP contribution in [0.5, 0.6) is 0 Å². The van der Waals surface area contributed by atoms with Crippen LogP contribution in [-0.2, 0) is 9.59 Å². The van der Waals surface area contributed by atoms with Crippen LogP contribution in [0, 0.1) is 19.8 Å². The fraction of sp³-hybridized carbons (Fsp3) is 0.333. The number of nitrogens with one attached hydrogen (secondary N) is 2. The molecule has 5 heteroatoms. The zero-order valence-corrected chi connectivity index (χ0v) is 17.6. The molecule has 3 atom stereocenters. The molecule has 2 N–H and O–H groups in total. The van der Waals surface area contributed by atoms with E-state index in [4.69, 9.17) is 0 Å². The molecule has 1 saturated heterocycles. The molecule has 1 heterocycles. The lowest BCUT2D eigenvalue weighted by atomic mass is 9.84. The van der Waals surface area contributed by atoms with E-state index in [1.165, 1.54) is 0 Å². The van der Waals surface area contributed by atoms with Crippen molar-refractivity contribution in [3.63, 3.8) is 0 Å². The Kier molecular flexibility index (Phi) is 5.76. The van der Waals surface area contributed by atoms with Crippen molar-refractivity contribution in [2.45, 2.75) is 44.4 Å². The van der Waals surface area contributed by atoms with Gasteiger partial charge in [0.15, 0.2) is 0 Å². The lowest BCUT2D eigenvalue weighted by Gasteiger charge is -2.39. The Morgan fingerprint density at radius 2 is 1.79 bits per heavy atom. The molecule has 1 aliphatic carbocycles. The van der Waals surface area contributed by atoms with Gasteiger partial charge in [0.05, 0.1) is 4.91 Å². The first-order chi connectivity index (χ1) is 14.0. The Labute approximate surface area is 176 Å². The standard InChI is InChI=1S/C24H26N2O2S/c1-15-7-6-8-16(2)22(15)26-23(27)18-11-12-20-19(14-18)25-24(28)21(29-20)13-17-9-4-3-5-10-17/h3-10,13,18-20H,11-12,14H2,1-2H3,(H,25,28)(H,26,27)/b21-13-. The van der Waals surface area contributed by atoms with Gasteiger partial charge in [-0.15, -0.1) is 11.8 Å². The van der Waals surface area contributed by atoms with Crippen LogP contribution >= 0.6 is 11.8 Å². The normalized spacial score (nSPS) is 25.2. The molecule has 150 valence electrons. The lowest BCUT2D eigenvalue weighted by molar-refractivity contribution is -0.122. The molecule has 0 aromatic heterocycles. The molecule has 3 unspecified atom stereocenters. The van der Waals surface area contributed by atoms with Crippen molar-refractivity contribution in [1.82, 2.24) is 5.32 Å². The summed E-state index contributed by atoms with van der Waals surface area (Å²) in [6, 6.07) is 16.0. The number of hydrogen-bond donors (Lipinski definition) is 2. The number of amides is 2. The molecule has 1 aliphatic heterocycles. The number of hydrogen-bond acceptors (Lipinski definition) is 3. The number of para-hydroxylation sites is 1. The van der Waals surface area contributed by atoms with Gasteiger partial charge in [-0.3, -0.25) is 9.59 Å². The van der Waals surface area contributed by atoms with Gasteiger partial charge in [0.25, 0.3) is 5.91 Å². The average molecular weight is 407 g/mol. The first-order valence-corrected chi connectivity index (χ1v) is 11.0. The molecular weight excluding hydrogens is 380 g/mol. The van der Waals surface area contributed by atoms with E-state index in [0.717, 1.165) is 40.1 Å². The number of anilines is 1. The maximum Gasteiger partial charge on any atom is 0.257 e. The van der Waals surface area contributed by atoms with Gasteiger partial charge in [-0.05, 0) is 55.9 Å². The molecule has 0 radical (unpaired) electrons. The van der Waals surface area contributed by atoms with Crippen LogP contribution in [0.3, 0.4) is 0 Å². The molecule has 2 aromatic rings. The van der Waals surface area contributed by atoms with Crippen molar-refractivity contribution in [3.05, 3.63) is 70.1 Å². The highest BCUT2D eigenvalue weighted by molar-refractivity contribution is 8.04. The third kappa shape index (κ3) is 4.40. The summed E-state index contributed by atoms with van der Waals surface area (Å²) < 4.78 is 0. The van der Waals surface area contributed by atoms with Crippen LogP contribution in [0.4, 0.5) is 5.69 Å². The number of carbonyl (C=O) groups excluding carboxylic acids is 2. The fourth-order valence-electron chi connectivity index (χ4n) is 4.17. The highest BCUT2D eigenvalue weighted by atomic mass is 32.2. The van der Waals surface area contributed by atoms with Crippen LogP contribution in [0.15, 0.2) is 53.4 Å². The number of carbonyl (C=O) groups is 2. The summed E-state index contributed by atoms with van der Waals surface area (Å²) in [6.07, 6.45) is 4.42. The predicted octanol–water partition coefficient (Wildman–Crippen LogP) is 4.68. The summed E-state index contributed by atoms with van der Waals surface area (Å²) in [7, 11) is 0. The van der Waals surface area contributed by atoms with Gasteiger partial charge < -0.3 is 10.6 Å². The Morgan fingerprint density at radius 1 is 1.07 bits per heavy atom. The van der Waals surface area contributed by atoms with Crippen LogP contribution in [0.25, 0.3) is 6.08 Å². The van der Waals surface area contributed by atoms with Gasteiger partial charge in [-0.1, -0.05) is 48.5 Å². The van der Waals surface area contributed by atoms with E-state index in [1.807, 2.05) is 68.5 Å². The molecular formula is C24H26N2O2S. The first kappa shape index (κ1) is 19.8. The summed E-state index contributed by atoms with van der Waals surface area (Å²) in [5.74, 6) is -0.0440. The molecule has 2 aliphatic rings. The van der Waals surface area contributed by atoms with Gasteiger partial charge in [0, 0.05) is 22.9 Å². The fourth-order valence-corrected chi connectivity index (χ4v) is 5.46. The molecule has 0 spiro atoms. The van der Waals surface area contributed by atoms with Crippen molar-refractivity contribution >= 4 is 35.3 Å². The van der Waals surface area contributed by atoms with Crippen molar-refractivity contribution in [3.8, 4) is 0 Å². The van der Waals surface area contributed by atoms with Crippen LogP contribution in [0.2, 0.25) is 0 Å². The largest absolute Gasteiger partial charge is 0.348 e. The van der Waals surface area contributed by atoms with E-state index in [1.54, 1.807) is 11.8 Å². The Hall–Kier alpha value is -2.53. The Morgan fingerprint density at radius 3 is 2.52 bits per heavy atom. The van der Waals surface area contributed by atoms with E-state index < -0.39 is 0 Å². The van der Waals surface area contributed by atoms with Crippen LogP contribution < -0.4 is 10.6 Å². The smallest absolute Gasteiger partial charge is 0.257 e. The second-order valence-corrected chi connectivity index (χ2v) is 9.20. The summed E-state index contributed by atoms with van der Waals surface area (Å²) in [6.45, 7) is 4.02. The minimum absolute atomic E-state index is 0.0316. The molecule has 4 rings (SSSR count). The SMILES string of the molecule is Cc1cccc(C)c1NC(=O)C1CCC2S/C(=C\c3ccccc3)C(=O)NC2C1. The number of rotatable bonds is 3. The van der Waals surface area contributed by atoms with Gasteiger partial charge in [-0.2, -0.15) is 0 Å². The van der Waals surface area contributed by atoms with E-state index in [2.05, 4.69) is 10.6 Å². The van der Waals surface area contributed by atoms with E-state index in [-0.39, 0.29) is 23.8 Å². The van der Waals surface area contributed by atoms with Crippen LogP contribution in [0.1, 0.15) is 36.0 Å². The molecule has 2 fully saturated rings. The second kappa shape index (κ2) is 8.46. The number of fused-ring (bicyclic) bond motifs is 1. The third-order valence-electron chi connectivity index (χ3n) is 5.80. The summed E-state index contributed by atoms with van der Waals surface area (Å²) in [5, 5.41) is 6.60. The Balaban J connectivity index is 1.42. The summed E-state index contributed by atoms with van der Waals surface area (Å²) >= 11 is 1.66. The van der Waals surface area contributed by atoms with Gasteiger partial charge >= 0.3 is 0 Å². The van der Waals surface area contributed by atoms with Crippen molar-refractivity contribution in [2.75, 3.05) is 5.32 Å². The van der Waals surface area contributed by atoms with Gasteiger partial charge in [-0.25, -0.2) is 0 Å². The van der Waals surface area contributed by atoms with Crippen molar-refractivity contribution < 1.29 is 9.59 Å². The first-order valence-electron chi connectivity index (χ1n) is 10.1. The maximum absolute atomic E-state index is 12.9. The summed E-state index contributed by atoms with van der Waals surface area (Å²) in [5.41, 5.74) is 4.09. The van der Waals surface area contributed by atoms with Gasteiger partial charge in [0.2, 0.25) is 5.91 Å². The van der Waals surface area contributed by atoms with E-state index in [9.17, 15) is 9.59 Å². The molecule has 29 heavy (non-hydrogen) atoms. The summed E-state index contributed by atoms with van der Waals surface area (Å²) in [4.78, 5) is 26.3. The van der Waals surface area contributed by atoms with E-state index >= 15 is 0 Å². The molecule has 2 amide bonds. The third-order valence-corrected chi connectivity index (χ3v) is 7.23. The zero-order chi connectivity index (χ0) is 20.4. The average Bonchev–Trinajstić information content (AvgIpc) is 2.72. The van der Waals surface area contributed by atoms with Gasteiger partial charge in [0.1, 0.15) is 0 Å². The highest BCUT2D eigenvalue weighted by Gasteiger charge is 2.39. The minimum atomic E-state index is -0.0733. The van der Waals surface area contributed by atoms with E-state index in [0.29, 0.717) is 11.7 Å².